The van der Waals surface area contributed by atoms with Crippen LogP contribution in [-0.4, -0.2) is 14.8 Å². The molecule has 15 heavy (non-hydrogen) atoms. The maximum absolute atomic E-state index is 6.08. The molecule has 1 aliphatic carbocycles. The van der Waals surface area contributed by atoms with Gasteiger partial charge in [0.15, 0.2) is 0 Å². The van der Waals surface area contributed by atoms with E-state index >= 15 is 0 Å². The zero-order valence-corrected chi connectivity index (χ0v) is 10.2. The van der Waals surface area contributed by atoms with E-state index in [1.165, 1.54) is 25.7 Å². The van der Waals surface area contributed by atoms with Gasteiger partial charge < -0.3 is 0 Å². The molecular formula is C11H18ClN3. The van der Waals surface area contributed by atoms with Crippen LogP contribution in [0.1, 0.15) is 63.7 Å². The highest BCUT2D eigenvalue weighted by atomic mass is 35.5. The van der Waals surface area contributed by atoms with Crippen molar-refractivity contribution in [2.75, 3.05) is 0 Å². The molecule has 0 spiro atoms. The lowest BCUT2D eigenvalue weighted by atomic mass is 10.1. The van der Waals surface area contributed by atoms with E-state index < -0.39 is 0 Å². The lowest BCUT2D eigenvalue weighted by Gasteiger charge is -2.15. The highest BCUT2D eigenvalue weighted by molar-refractivity contribution is 6.28. The zero-order chi connectivity index (χ0) is 10.8. The van der Waals surface area contributed by atoms with Crippen molar-refractivity contribution >= 4 is 11.6 Å². The van der Waals surface area contributed by atoms with Crippen LogP contribution in [0, 0.1) is 0 Å². The number of aromatic nitrogens is 3. The summed E-state index contributed by atoms with van der Waals surface area (Å²) in [5, 5.41) is 8.73. The van der Waals surface area contributed by atoms with Crippen LogP contribution in [0.15, 0.2) is 0 Å². The molecule has 3 nitrogen and oxygen atoms in total. The van der Waals surface area contributed by atoms with Crippen molar-refractivity contribution in [2.45, 2.75) is 57.9 Å². The van der Waals surface area contributed by atoms with Gasteiger partial charge in [0.1, 0.15) is 5.82 Å². The molecule has 1 aromatic heterocycles. The summed E-state index contributed by atoms with van der Waals surface area (Å²) in [6.45, 7) is 4.42. The van der Waals surface area contributed by atoms with Crippen LogP contribution in [0.4, 0.5) is 0 Å². The van der Waals surface area contributed by atoms with Crippen LogP contribution in [0.3, 0.4) is 0 Å². The Kier molecular flexibility index (Phi) is 3.29. The van der Waals surface area contributed by atoms with E-state index in [2.05, 4.69) is 28.6 Å². The molecule has 0 aliphatic heterocycles. The maximum atomic E-state index is 6.08. The van der Waals surface area contributed by atoms with Gasteiger partial charge in [-0.15, -0.1) is 10.2 Å². The lowest BCUT2D eigenvalue weighted by Crippen LogP contribution is -2.09. The fraction of sp³-hybridized carbons (Fsp3) is 0.818. The normalized spacial score (nSPS) is 18.1. The van der Waals surface area contributed by atoms with Gasteiger partial charge in [-0.1, -0.05) is 19.8 Å². The quantitative estimate of drug-likeness (QED) is 0.770. The minimum absolute atomic E-state index is 0.433. The molecule has 0 aromatic carbocycles. The average molecular weight is 228 g/mol. The first-order valence-electron chi connectivity index (χ1n) is 5.84. The molecule has 2 rings (SSSR count). The summed E-state index contributed by atoms with van der Waals surface area (Å²) in [4.78, 5) is 0. The molecule has 84 valence electrons. The topological polar surface area (TPSA) is 30.7 Å². The van der Waals surface area contributed by atoms with E-state index in [0.29, 0.717) is 17.2 Å². The maximum Gasteiger partial charge on any atom is 0.225 e. The van der Waals surface area contributed by atoms with Crippen LogP contribution in [-0.2, 0) is 0 Å². The Morgan fingerprint density at radius 2 is 2.20 bits per heavy atom. The first-order valence-corrected chi connectivity index (χ1v) is 6.22. The number of hydrogen-bond acceptors (Lipinski definition) is 2. The predicted molar refractivity (Wildman–Crippen MR) is 61.2 cm³/mol. The molecule has 1 aromatic rings. The SMILES string of the molecule is CCCCC(C)n1c(Cl)nnc1C1CC1. The van der Waals surface area contributed by atoms with E-state index in [-0.39, 0.29) is 0 Å². The molecule has 1 atom stereocenters. The third kappa shape index (κ3) is 2.33. The second-order valence-electron chi connectivity index (χ2n) is 4.46. The number of hydrogen-bond donors (Lipinski definition) is 0. The van der Waals surface area contributed by atoms with Crippen LogP contribution in [0.5, 0.6) is 0 Å². The van der Waals surface area contributed by atoms with Gasteiger partial charge in [-0.25, -0.2) is 0 Å². The fourth-order valence-electron chi connectivity index (χ4n) is 1.94. The Balaban J connectivity index is 2.13. The van der Waals surface area contributed by atoms with Gasteiger partial charge in [-0.05, 0) is 37.8 Å². The number of halogens is 1. The van der Waals surface area contributed by atoms with Gasteiger partial charge >= 0.3 is 0 Å². The third-order valence-electron chi connectivity index (χ3n) is 3.04. The average Bonchev–Trinajstić information content (AvgIpc) is 2.99. The van der Waals surface area contributed by atoms with Crippen molar-refractivity contribution in [3.63, 3.8) is 0 Å². The molecule has 1 aliphatic rings. The monoisotopic (exact) mass is 227 g/mol. The van der Waals surface area contributed by atoms with Crippen molar-refractivity contribution in [1.29, 1.82) is 0 Å². The largest absolute Gasteiger partial charge is 0.299 e. The molecular weight excluding hydrogens is 210 g/mol. The molecule has 0 bridgehead atoms. The molecule has 0 amide bonds. The Hall–Kier alpha value is -0.570. The highest BCUT2D eigenvalue weighted by Crippen LogP contribution is 2.41. The minimum atomic E-state index is 0.433. The minimum Gasteiger partial charge on any atom is -0.299 e. The summed E-state index contributed by atoms with van der Waals surface area (Å²) in [7, 11) is 0. The van der Waals surface area contributed by atoms with E-state index in [1.807, 2.05) is 0 Å². The van der Waals surface area contributed by atoms with Gasteiger partial charge in [-0.2, -0.15) is 0 Å². The van der Waals surface area contributed by atoms with Crippen LogP contribution in [0.2, 0.25) is 5.28 Å². The molecule has 1 fully saturated rings. The molecule has 4 heteroatoms. The van der Waals surface area contributed by atoms with E-state index in [4.69, 9.17) is 11.6 Å². The molecule has 0 N–H and O–H groups in total. The van der Waals surface area contributed by atoms with E-state index in [9.17, 15) is 0 Å². The van der Waals surface area contributed by atoms with E-state index in [1.54, 1.807) is 0 Å². The number of rotatable bonds is 5. The second kappa shape index (κ2) is 4.52. The van der Waals surface area contributed by atoms with Crippen LogP contribution in [0.25, 0.3) is 0 Å². The first kappa shape index (κ1) is 10.9. The Labute approximate surface area is 95.8 Å². The predicted octanol–water partition coefficient (Wildman–Crippen LogP) is 3.56. The summed E-state index contributed by atoms with van der Waals surface area (Å²) in [5.41, 5.74) is 0. The van der Waals surface area contributed by atoms with Gasteiger partial charge in [0, 0.05) is 12.0 Å². The third-order valence-corrected chi connectivity index (χ3v) is 3.30. The summed E-state index contributed by atoms with van der Waals surface area (Å²) in [6, 6.07) is 0.433. The Bertz CT molecular complexity index is 331. The second-order valence-corrected chi connectivity index (χ2v) is 4.80. The van der Waals surface area contributed by atoms with Gasteiger partial charge in [0.2, 0.25) is 5.28 Å². The summed E-state index contributed by atoms with van der Waals surface area (Å²) < 4.78 is 2.12. The summed E-state index contributed by atoms with van der Waals surface area (Å²) in [6.07, 6.45) is 6.11. The highest BCUT2D eigenvalue weighted by Gasteiger charge is 2.31. The molecule has 0 saturated heterocycles. The van der Waals surface area contributed by atoms with Crippen molar-refractivity contribution < 1.29 is 0 Å². The standard InChI is InChI=1S/C11H18ClN3/c1-3-4-5-8(2)15-10(9-6-7-9)13-14-11(15)12/h8-9H,3-7H2,1-2H3. The van der Waals surface area contributed by atoms with Crippen LogP contribution < -0.4 is 0 Å². The smallest absolute Gasteiger partial charge is 0.225 e. The molecule has 1 unspecified atom stereocenters. The number of nitrogens with zero attached hydrogens (tertiary/aromatic N) is 3. The van der Waals surface area contributed by atoms with Crippen molar-refractivity contribution in [1.82, 2.24) is 14.8 Å². The van der Waals surface area contributed by atoms with Crippen molar-refractivity contribution in [3.8, 4) is 0 Å². The van der Waals surface area contributed by atoms with Gasteiger partial charge in [-0.3, -0.25) is 4.57 Å². The lowest BCUT2D eigenvalue weighted by molar-refractivity contribution is 0.469. The van der Waals surface area contributed by atoms with Crippen molar-refractivity contribution in [3.05, 3.63) is 11.1 Å². The van der Waals surface area contributed by atoms with Gasteiger partial charge in [0.25, 0.3) is 0 Å². The summed E-state index contributed by atoms with van der Waals surface area (Å²) in [5.74, 6) is 1.72. The fourth-order valence-corrected chi connectivity index (χ4v) is 2.23. The van der Waals surface area contributed by atoms with Crippen molar-refractivity contribution in [2.24, 2.45) is 0 Å². The molecule has 1 saturated carbocycles. The van der Waals surface area contributed by atoms with E-state index in [0.717, 1.165) is 12.2 Å². The Morgan fingerprint density at radius 1 is 1.47 bits per heavy atom. The molecule has 1 heterocycles. The Morgan fingerprint density at radius 3 is 2.80 bits per heavy atom. The van der Waals surface area contributed by atoms with Gasteiger partial charge in [0.05, 0.1) is 0 Å². The zero-order valence-electron chi connectivity index (χ0n) is 9.41. The van der Waals surface area contributed by atoms with Crippen LogP contribution >= 0.6 is 11.6 Å². The first-order chi connectivity index (χ1) is 7.24. The summed E-state index contributed by atoms with van der Waals surface area (Å²) >= 11 is 6.08. The number of unbranched alkanes of at least 4 members (excludes halogenated alkanes) is 1. The molecule has 0 radical (unpaired) electrons.